The fourth-order valence-electron chi connectivity index (χ4n) is 1.51. The molecule has 0 saturated carbocycles. The van der Waals surface area contributed by atoms with Gasteiger partial charge in [-0.3, -0.25) is 0 Å². The van der Waals surface area contributed by atoms with Gasteiger partial charge in [-0.15, -0.1) is 0 Å². The lowest BCUT2D eigenvalue weighted by atomic mass is 10.2. The van der Waals surface area contributed by atoms with Gasteiger partial charge in [-0.2, -0.15) is 0 Å². The van der Waals surface area contributed by atoms with Crippen LogP contribution in [-0.4, -0.2) is 0 Å². The summed E-state index contributed by atoms with van der Waals surface area (Å²) < 4.78 is 42.5. The van der Waals surface area contributed by atoms with Crippen LogP contribution in [0.2, 0.25) is 5.02 Å². The highest BCUT2D eigenvalue weighted by atomic mass is 35.5. The van der Waals surface area contributed by atoms with Gasteiger partial charge in [-0.05, 0) is 30.5 Å². The van der Waals surface area contributed by atoms with Crippen molar-refractivity contribution in [2.75, 3.05) is 10.5 Å². The summed E-state index contributed by atoms with van der Waals surface area (Å²) in [6.45, 7) is 1.82. The Morgan fingerprint density at radius 2 is 1.90 bits per heavy atom. The molecule has 0 bridgehead atoms. The molecule has 0 aromatic heterocycles. The summed E-state index contributed by atoms with van der Waals surface area (Å²) in [5, 5.41) is 0.501. The monoisotopic (exact) mass is 318 g/mol. The van der Waals surface area contributed by atoms with Crippen LogP contribution >= 0.6 is 23.5 Å². The number of halogens is 4. The van der Waals surface area contributed by atoms with Gasteiger partial charge in [0.05, 0.1) is 10.7 Å². The van der Waals surface area contributed by atoms with E-state index in [0.29, 0.717) is 16.0 Å². The van der Waals surface area contributed by atoms with Crippen molar-refractivity contribution in [3.63, 3.8) is 0 Å². The van der Waals surface area contributed by atoms with Gasteiger partial charge in [-0.1, -0.05) is 23.7 Å². The van der Waals surface area contributed by atoms with Crippen molar-refractivity contribution in [3.05, 3.63) is 52.3 Å². The molecule has 106 valence electrons. The molecular weight excluding hydrogens is 309 g/mol. The summed E-state index contributed by atoms with van der Waals surface area (Å²) in [7, 11) is 0. The Balaban J connectivity index is 2.26. The summed E-state index contributed by atoms with van der Waals surface area (Å²) in [6.07, 6.45) is 0. The van der Waals surface area contributed by atoms with Gasteiger partial charge in [0.2, 0.25) is 0 Å². The number of aryl methyl sites for hydroxylation is 1. The highest BCUT2D eigenvalue weighted by molar-refractivity contribution is 8.00. The van der Waals surface area contributed by atoms with E-state index in [-0.39, 0.29) is 5.69 Å². The van der Waals surface area contributed by atoms with Crippen LogP contribution < -0.4 is 10.5 Å². The van der Waals surface area contributed by atoms with Gasteiger partial charge in [0.1, 0.15) is 5.69 Å². The second kappa shape index (κ2) is 5.85. The van der Waals surface area contributed by atoms with Gasteiger partial charge in [0.15, 0.2) is 17.5 Å². The first kappa shape index (κ1) is 14.9. The molecule has 3 N–H and O–H groups in total. The fraction of sp³-hybridized carbons (Fsp3) is 0.0769. The molecule has 2 aromatic carbocycles. The molecule has 0 spiro atoms. The van der Waals surface area contributed by atoms with Crippen molar-refractivity contribution < 1.29 is 13.2 Å². The van der Waals surface area contributed by atoms with E-state index < -0.39 is 23.1 Å². The van der Waals surface area contributed by atoms with Crippen LogP contribution in [0.15, 0.2) is 29.2 Å². The Hall–Kier alpha value is -1.53. The Bertz CT molecular complexity index is 665. The van der Waals surface area contributed by atoms with E-state index in [9.17, 15) is 13.2 Å². The summed E-state index contributed by atoms with van der Waals surface area (Å²) >= 11 is 7.06. The molecule has 0 saturated heterocycles. The third kappa shape index (κ3) is 2.81. The predicted molar refractivity (Wildman–Crippen MR) is 76.4 cm³/mol. The number of hydrogen-bond donors (Lipinski definition) is 2. The Morgan fingerprint density at radius 3 is 2.60 bits per heavy atom. The second-order valence-electron chi connectivity index (χ2n) is 4.04. The molecule has 2 nitrogen and oxygen atoms in total. The minimum absolute atomic E-state index is 0.246. The summed E-state index contributed by atoms with van der Waals surface area (Å²) in [5.41, 5.74) is 4.89. The molecular formula is C13H10ClF3N2S. The number of anilines is 2. The molecule has 0 fully saturated rings. The van der Waals surface area contributed by atoms with Crippen molar-refractivity contribution in [2.24, 2.45) is 0 Å². The predicted octanol–water partition coefficient (Wildman–Crippen LogP) is 4.77. The van der Waals surface area contributed by atoms with E-state index >= 15 is 0 Å². The molecule has 0 radical (unpaired) electrons. The maximum atomic E-state index is 13.7. The van der Waals surface area contributed by atoms with Crippen LogP contribution in [0.5, 0.6) is 0 Å². The van der Waals surface area contributed by atoms with Crippen molar-refractivity contribution >= 4 is 34.9 Å². The first-order valence-corrected chi connectivity index (χ1v) is 6.72. The Labute approximate surface area is 123 Å². The zero-order chi connectivity index (χ0) is 14.9. The van der Waals surface area contributed by atoms with Gasteiger partial charge < -0.3 is 10.5 Å². The quantitative estimate of drug-likeness (QED) is 0.486. The van der Waals surface area contributed by atoms with E-state index in [1.807, 2.05) is 13.0 Å². The normalized spacial score (nSPS) is 10.7. The third-order valence-corrected chi connectivity index (χ3v) is 4.11. The molecule has 0 aliphatic heterocycles. The lowest BCUT2D eigenvalue weighted by Crippen LogP contribution is -2.02. The lowest BCUT2D eigenvalue weighted by Gasteiger charge is -2.11. The van der Waals surface area contributed by atoms with Crippen LogP contribution in [0.25, 0.3) is 0 Å². The number of nitrogen functional groups attached to an aromatic ring is 1. The summed E-state index contributed by atoms with van der Waals surface area (Å²) in [6, 6.07) is 6.02. The minimum atomic E-state index is -1.40. The first-order chi connectivity index (χ1) is 9.41. The molecule has 7 heteroatoms. The van der Waals surface area contributed by atoms with Crippen molar-refractivity contribution in [1.82, 2.24) is 0 Å². The van der Waals surface area contributed by atoms with Crippen molar-refractivity contribution in [3.8, 4) is 0 Å². The van der Waals surface area contributed by atoms with Crippen LogP contribution in [0.4, 0.5) is 24.5 Å². The minimum Gasteiger partial charge on any atom is -0.394 e. The molecule has 0 heterocycles. The van der Waals surface area contributed by atoms with E-state index in [1.165, 1.54) is 0 Å². The zero-order valence-electron chi connectivity index (χ0n) is 10.3. The maximum absolute atomic E-state index is 13.7. The Kier molecular flexibility index (Phi) is 4.35. The van der Waals surface area contributed by atoms with Gasteiger partial charge >= 0.3 is 0 Å². The van der Waals surface area contributed by atoms with Crippen molar-refractivity contribution in [2.45, 2.75) is 11.8 Å². The molecule has 0 aliphatic rings. The smallest absolute Gasteiger partial charge is 0.184 e. The van der Waals surface area contributed by atoms with E-state index in [1.54, 1.807) is 12.1 Å². The average Bonchev–Trinajstić information content (AvgIpc) is 2.43. The maximum Gasteiger partial charge on any atom is 0.184 e. The van der Waals surface area contributed by atoms with Crippen LogP contribution in [0.1, 0.15) is 5.56 Å². The zero-order valence-corrected chi connectivity index (χ0v) is 11.9. The molecule has 2 aromatic rings. The average molecular weight is 319 g/mol. The lowest BCUT2D eigenvalue weighted by molar-refractivity contribution is 0.502. The highest BCUT2D eigenvalue weighted by Crippen LogP contribution is 2.33. The molecule has 20 heavy (non-hydrogen) atoms. The standard InChI is InChI=1S/C13H10ClF3N2S/c1-6-3-2-4-9(10(6)14)20-19-8-5-7(15)11(16)13(18)12(8)17/h2-5,19H,18H2,1H3. The van der Waals surface area contributed by atoms with Gasteiger partial charge in [0, 0.05) is 11.0 Å². The fourth-order valence-corrected chi connectivity index (χ4v) is 2.51. The topological polar surface area (TPSA) is 38.0 Å². The largest absolute Gasteiger partial charge is 0.394 e. The van der Waals surface area contributed by atoms with Crippen LogP contribution in [-0.2, 0) is 0 Å². The number of benzene rings is 2. The summed E-state index contributed by atoms with van der Waals surface area (Å²) in [5.74, 6) is -3.66. The molecule has 0 aliphatic carbocycles. The molecule has 0 unspecified atom stereocenters. The number of hydrogen-bond acceptors (Lipinski definition) is 3. The third-order valence-electron chi connectivity index (χ3n) is 2.62. The number of nitrogens with one attached hydrogen (secondary N) is 1. The van der Waals surface area contributed by atoms with Crippen molar-refractivity contribution in [1.29, 1.82) is 0 Å². The van der Waals surface area contributed by atoms with Crippen LogP contribution in [0.3, 0.4) is 0 Å². The molecule has 0 atom stereocenters. The molecule has 2 rings (SSSR count). The SMILES string of the molecule is Cc1cccc(SNc2cc(F)c(F)c(N)c2F)c1Cl. The summed E-state index contributed by atoms with van der Waals surface area (Å²) in [4.78, 5) is 0.634. The van der Waals surface area contributed by atoms with Gasteiger partial charge in [-0.25, -0.2) is 13.2 Å². The number of nitrogens with two attached hydrogens (primary N) is 1. The second-order valence-corrected chi connectivity index (χ2v) is 5.26. The highest BCUT2D eigenvalue weighted by Gasteiger charge is 2.16. The van der Waals surface area contributed by atoms with E-state index in [2.05, 4.69) is 4.72 Å². The van der Waals surface area contributed by atoms with E-state index in [4.69, 9.17) is 17.3 Å². The van der Waals surface area contributed by atoms with Gasteiger partial charge in [0.25, 0.3) is 0 Å². The first-order valence-electron chi connectivity index (χ1n) is 5.52. The number of rotatable bonds is 3. The molecule has 0 amide bonds. The Morgan fingerprint density at radius 1 is 1.20 bits per heavy atom. The van der Waals surface area contributed by atoms with E-state index in [0.717, 1.165) is 17.5 Å². The van der Waals surface area contributed by atoms with Crippen LogP contribution in [0, 0.1) is 24.4 Å².